The molecule has 36 heavy (non-hydrogen) atoms. The number of fused-ring (bicyclic) bond motifs is 1. The first kappa shape index (κ1) is 23.3. The van der Waals surface area contributed by atoms with E-state index in [9.17, 15) is 24.8 Å². The summed E-state index contributed by atoms with van der Waals surface area (Å²) in [6.07, 6.45) is 2.32. The lowest BCUT2D eigenvalue weighted by molar-refractivity contribution is -0.384. The number of hydrogen-bond donors (Lipinski definition) is 2. The molecule has 0 radical (unpaired) electrons. The van der Waals surface area contributed by atoms with Crippen molar-refractivity contribution in [3.63, 3.8) is 0 Å². The molecule has 0 spiro atoms. The van der Waals surface area contributed by atoms with Crippen LogP contribution in [0.1, 0.15) is 22.0 Å². The monoisotopic (exact) mass is 503 g/mol. The van der Waals surface area contributed by atoms with Crippen LogP contribution in [0.25, 0.3) is 16.7 Å². The Morgan fingerprint density at radius 1 is 1.19 bits per heavy atom. The van der Waals surface area contributed by atoms with Gasteiger partial charge in [0.1, 0.15) is 11.5 Å². The van der Waals surface area contributed by atoms with Gasteiger partial charge in [0, 0.05) is 46.2 Å². The molecule has 1 aliphatic rings. The zero-order chi connectivity index (χ0) is 25.4. The number of aliphatic hydroxyl groups is 1. The van der Waals surface area contributed by atoms with Crippen LogP contribution in [0.3, 0.4) is 0 Å². The molecule has 0 aliphatic carbocycles. The van der Waals surface area contributed by atoms with E-state index in [-0.39, 0.29) is 23.4 Å². The zero-order valence-corrected chi connectivity index (χ0v) is 20.0. The summed E-state index contributed by atoms with van der Waals surface area (Å²) in [5.74, 6) is -1.27. The Morgan fingerprint density at radius 2 is 2.03 bits per heavy atom. The normalized spacial score (nSPS) is 17.1. The summed E-state index contributed by atoms with van der Waals surface area (Å²) in [5, 5.41) is 25.1. The van der Waals surface area contributed by atoms with Crippen LogP contribution in [-0.2, 0) is 16.0 Å². The summed E-state index contributed by atoms with van der Waals surface area (Å²) in [4.78, 5) is 42.3. The number of aromatic nitrogens is 1. The van der Waals surface area contributed by atoms with Crippen LogP contribution in [0, 0.1) is 10.1 Å². The van der Waals surface area contributed by atoms with Gasteiger partial charge in [0.25, 0.3) is 17.4 Å². The number of thiophene rings is 1. The van der Waals surface area contributed by atoms with E-state index in [1.54, 1.807) is 19.2 Å². The molecule has 2 aromatic heterocycles. The number of H-pyrrole nitrogens is 1. The van der Waals surface area contributed by atoms with Crippen molar-refractivity contribution in [2.45, 2.75) is 12.5 Å². The van der Waals surface area contributed by atoms with E-state index in [4.69, 9.17) is 4.74 Å². The first-order chi connectivity index (χ1) is 17.4. The maximum atomic E-state index is 13.2. The lowest BCUT2D eigenvalue weighted by Crippen LogP contribution is -2.31. The number of carbonyl (C=O) groups is 2. The molecule has 0 saturated carbocycles. The minimum absolute atomic E-state index is 0.0801. The number of amides is 1. The fraction of sp³-hybridized carbons (Fsp3) is 0.154. The molecule has 2 aromatic carbocycles. The first-order valence-corrected chi connectivity index (χ1v) is 12.0. The second-order valence-electron chi connectivity index (χ2n) is 8.29. The molecule has 3 heterocycles. The topological polar surface area (TPSA) is 126 Å². The Balaban J connectivity index is 1.53. The van der Waals surface area contributed by atoms with Crippen molar-refractivity contribution in [2.24, 2.45) is 0 Å². The molecule has 4 aromatic rings. The average molecular weight is 504 g/mol. The number of methoxy groups -OCH3 is 1. The summed E-state index contributed by atoms with van der Waals surface area (Å²) in [7, 11) is 1.59. The number of nitro benzene ring substituents is 1. The van der Waals surface area contributed by atoms with Crippen LogP contribution < -0.4 is 4.74 Å². The fourth-order valence-corrected chi connectivity index (χ4v) is 5.35. The number of rotatable bonds is 7. The van der Waals surface area contributed by atoms with E-state index >= 15 is 0 Å². The third-order valence-electron chi connectivity index (χ3n) is 6.28. The molecule has 1 saturated heterocycles. The molecular weight excluding hydrogens is 482 g/mol. The van der Waals surface area contributed by atoms with Gasteiger partial charge < -0.3 is 19.7 Å². The van der Waals surface area contributed by atoms with Crippen molar-refractivity contribution >= 4 is 45.4 Å². The number of Topliss-reactive ketones (excluding diaryl/α,β-unsaturated/α-hetero) is 1. The molecule has 5 rings (SSSR count). The van der Waals surface area contributed by atoms with Crippen molar-refractivity contribution in [1.29, 1.82) is 0 Å². The van der Waals surface area contributed by atoms with Gasteiger partial charge in [0.15, 0.2) is 0 Å². The molecule has 182 valence electrons. The number of ether oxygens (including phenoxy) is 1. The van der Waals surface area contributed by atoms with Crippen molar-refractivity contribution in [3.8, 4) is 5.75 Å². The van der Waals surface area contributed by atoms with Crippen LogP contribution in [0.5, 0.6) is 5.75 Å². The summed E-state index contributed by atoms with van der Waals surface area (Å²) < 4.78 is 5.33. The van der Waals surface area contributed by atoms with Gasteiger partial charge in [-0.3, -0.25) is 19.7 Å². The highest BCUT2D eigenvalue weighted by Gasteiger charge is 2.46. The molecule has 0 unspecified atom stereocenters. The first-order valence-electron chi connectivity index (χ1n) is 11.1. The summed E-state index contributed by atoms with van der Waals surface area (Å²) >= 11 is 1.36. The largest absolute Gasteiger partial charge is 0.507 e. The summed E-state index contributed by atoms with van der Waals surface area (Å²) in [6, 6.07) is 13.9. The number of carbonyl (C=O) groups excluding carboxylic acids is 2. The summed E-state index contributed by atoms with van der Waals surface area (Å²) in [5.41, 5.74) is 1.68. The van der Waals surface area contributed by atoms with Crippen molar-refractivity contribution < 1.29 is 24.4 Å². The van der Waals surface area contributed by atoms with Gasteiger partial charge in [0.2, 0.25) is 0 Å². The zero-order valence-electron chi connectivity index (χ0n) is 19.1. The Hall–Kier alpha value is -4.44. The van der Waals surface area contributed by atoms with Gasteiger partial charge in [0.05, 0.1) is 23.6 Å². The summed E-state index contributed by atoms with van der Waals surface area (Å²) in [6.45, 7) is 0.225. The number of aliphatic hydroxyl groups excluding tert-OH is 1. The van der Waals surface area contributed by atoms with Gasteiger partial charge in [-0.2, -0.15) is 0 Å². The van der Waals surface area contributed by atoms with E-state index in [1.165, 1.54) is 40.5 Å². The molecule has 2 N–H and O–H groups in total. The van der Waals surface area contributed by atoms with E-state index in [0.717, 1.165) is 16.5 Å². The maximum Gasteiger partial charge on any atom is 0.295 e. The molecule has 10 heteroatoms. The molecular formula is C26H21N3O6S. The average Bonchev–Trinajstić information content (AvgIpc) is 3.61. The Bertz CT molecular complexity index is 1520. The van der Waals surface area contributed by atoms with Crippen LogP contribution in [0.2, 0.25) is 0 Å². The number of nitro groups is 1. The molecule has 1 atom stereocenters. The molecule has 0 bridgehead atoms. The highest BCUT2D eigenvalue weighted by atomic mass is 32.1. The fourth-order valence-electron chi connectivity index (χ4n) is 4.51. The van der Waals surface area contributed by atoms with Gasteiger partial charge in [-0.1, -0.05) is 18.2 Å². The standard InChI is InChI=1S/C26H21N3O6S/c1-35-18-7-8-20-19(13-18)16(14-27-20)9-10-28-23(21-6-3-11-36-21)22(25(31)26(28)32)24(30)15-4-2-5-17(12-15)29(33)34/h2-8,11-14,23,27,30H,9-10H2,1H3/t23-/m0/s1. The second kappa shape index (κ2) is 9.31. The van der Waals surface area contributed by atoms with E-state index in [0.29, 0.717) is 17.0 Å². The lowest BCUT2D eigenvalue weighted by atomic mass is 9.99. The number of non-ortho nitro benzene ring substituents is 1. The molecule has 9 nitrogen and oxygen atoms in total. The number of benzene rings is 2. The highest BCUT2D eigenvalue weighted by molar-refractivity contribution is 7.10. The van der Waals surface area contributed by atoms with Gasteiger partial charge in [-0.15, -0.1) is 11.3 Å². The molecule has 1 aliphatic heterocycles. The van der Waals surface area contributed by atoms with E-state index < -0.39 is 28.4 Å². The number of ketones is 1. The number of nitrogens with one attached hydrogen (secondary N) is 1. The second-order valence-corrected chi connectivity index (χ2v) is 9.27. The number of aromatic amines is 1. The van der Waals surface area contributed by atoms with E-state index in [2.05, 4.69) is 4.98 Å². The lowest BCUT2D eigenvalue weighted by Gasteiger charge is -2.24. The van der Waals surface area contributed by atoms with Crippen molar-refractivity contribution in [1.82, 2.24) is 9.88 Å². The number of likely N-dealkylation sites (tertiary alicyclic amines) is 1. The van der Waals surface area contributed by atoms with Gasteiger partial charge in [-0.25, -0.2) is 0 Å². The van der Waals surface area contributed by atoms with Crippen LogP contribution in [0.4, 0.5) is 5.69 Å². The minimum atomic E-state index is -0.821. The van der Waals surface area contributed by atoms with Crippen molar-refractivity contribution in [3.05, 3.63) is 97.9 Å². The number of nitrogens with zero attached hydrogens (tertiary/aromatic N) is 2. The Kier molecular flexibility index (Phi) is 6.03. The van der Waals surface area contributed by atoms with E-state index in [1.807, 2.05) is 29.8 Å². The predicted octanol–water partition coefficient (Wildman–Crippen LogP) is 4.81. The van der Waals surface area contributed by atoms with Crippen LogP contribution in [0.15, 0.2) is 71.7 Å². The third kappa shape index (κ3) is 4.01. The Labute approximate surface area is 209 Å². The van der Waals surface area contributed by atoms with Crippen molar-refractivity contribution in [2.75, 3.05) is 13.7 Å². The van der Waals surface area contributed by atoms with Gasteiger partial charge in [-0.05, 0) is 41.6 Å². The third-order valence-corrected chi connectivity index (χ3v) is 7.20. The van der Waals surface area contributed by atoms with Crippen LogP contribution >= 0.6 is 11.3 Å². The molecule has 1 fully saturated rings. The van der Waals surface area contributed by atoms with Crippen LogP contribution in [-0.4, -0.2) is 45.3 Å². The number of hydrogen-bond acceptors (Lipinski definition) is 7. The smallest absolute Gasteiger partial charge is 0.295 e. The van der Waals surface area contributed by atoms with Gasteiger partial charge >= 0.3 is 0 Å². The minimum Gasteiger partial charge on any atom is -0.507 e. The maximum absolute atomic E-state index is 13.2. The SMILES string of the molecule is COc1ccc2[nH]cc(CCN3C(=O)C(=O)C(=C(O)c4cccc([N+](=O)[O-])c4)[C@@H]3c3cccs3)c2c1. The highest BCUT2D eigenvalue weighted by Crippen LogP contribution is 2.41. The molecule has 1 amide bonds. The predicted molar refractivity (Wildman–Crippen MR) is 135 cm³/mol. The Morgan fingerprint density at radius 3 is 2.75 bits per heavy atom. The quantitative estimate of drug-likeness (QED) is 0.123.